The van der Waals surface area contributed by atoms with Crippen LogP contribution in [-0.4, -0.2) is 0 Å². The minimum absolute atomic E-state index is 0.851. The van der Waals surface area contributed by atoms with Crippen molar-refractivity contribution >= 4 is 48.8 Å². The molecule has 0 radical (unpaired) electrons. The fourth-order valence-electron chi connectivity index (χ4n) is 3.89. The van der Waals surface area contributed by atoms with Crippen LogP contribution in [0.1, 0.15) is 5.56 Å². The Morgan fingerprint density at radius 1 is 0.636 bits per heavy atom. The molecule has 0 bridgehead atoms. The number of hydrogen-bond donors (Lipinski definition) is 1. The van der Waals surface area contributed by atoms with Gasteiger partial charge >= 0.3 is 0 Å². The summed E-state index contributed by atoms with van der Waals surface area (Å²) in [4.78, 5) is 0. The van der Waals surface area contributed by atoms with E-state index in [2.05, 4.69) is 61.5 Å². The Hall–Kier alpha value is -2.80. The summed E-state index contributed by atoms with van der Waals surface area (Å²) >= 11 is 0. The highest BCUT2D eigenvalue weighted by Gasteiger charge is 2.13. The molecule has 5 rings (SSSR count). The van der Waals surface area contributed by atoms with Crippen molar-refractivity contribution in [1.29, 1.82) is 0 Å². The molecule has 0 aliphatic carbocycles. The van der Waals surface area contributed by atoms with Crippen LogP contribution in [0.15, 0.2) is 60.7 Å². The van der Waals surface area contributed by atoms with Gasteiger partial charge in [-0.3, -0.25) is 0 Å². The fraction of sp³-hybridized carbons (Fsp3) is 0.0476. The number of nitrogens with two attached hydrogens (primary N) is 1. The van der Waals surface area contributed by atoms with Gasteiger partial charge in [-0.05, 0) is 56.3 Å². The lowest BCUT2D eigenvalue weighted by atomic mass is 9.88. The van der Waals surface area contributed by atoms with Crippen LogP contribution in [0.3, 0.4) is 0 Å². The molecule has 0 heterocycles. The molecular formula is C21H15N. The van der Waals surface area contributed by atoms with Crippen molar-refractivity contribution in [3.8, 4) is 0 Å². The van der Waals surface area contributed by atoms with Crippen LogP contribution in [0.4, 0.5) is 5.69 Å². The number of aryl methyl sites for hydroxylation is 1. The lowest BCUT2D eigenvalue weighted by Gasteiger charge is -2.15. The van der Waals surface area contributed by atoms with Gasteiger partial charge in [0.1, 0.15) is 0 Å². The summed E-state index contributed by atoms with van der Waals surface area (Å²) in [5.74, 6) is 0. The van der Waals surface area contributed by atoms with Crippen LogP contribution in [0.25, 0.3) is 43.1 Å². The van der Waals surface area contributed by atoms with E-state index in [-0.39, 0.29) is 0 Å². The summed E-state index contributed by atoms with van der Waals surface area (Å²) < 4.78 is 0. The molecule has 0 aliphatic rings. The maximum Gasteiger partial charge on any atom is 0.0394 e. The van der Waals surface area contributed by atoms with Gasteiger partial charge in [-0.25, -0.2) is 0 Å². The van der Waals surface area contributed by atoms with Gasteiger partial charge in [0.05, 0.1) is 0 Å². The van der Waals surface area contributed by atoms with Crippen LogP contribution in [0.2, 0.25) is 0 Å². The maximum absolute atomic E-state index is 6.22. The molecule has 104 valence electrons. The first-order valence-electron chi connectivity index (χ1n) is 7.59. The van der Waals surface area contributed by atoms with Crippen molar-refractivity contribution in [3.05, 3.63) is 66.2 Å². The van der Waals surface area contributed by atoms with E-state index in [1.165, 1.54) is 43.3 Å². The van der Waals surface area contributed by atoms with Crippen molar-refractivity contribution in [2.45, 2.75) is 6.92 Å². The molecule has 0 saturated carbocycles. The number of hydrogen-bond acceptors (Lipinski definition) is 1. The van der Waals surface area contributed by atoms with Gasteiger partial charge in [0, 0.05) is 11.1 Å². The third kappa shape index (κ3) is 1.33. The number of benzene rings is 5. The second kappa shape index (κ2) is 3.89. The SMILES string of the molecule is Cc1cc2cccc3c4cccc5c(N)ccc(c(c1)c23)c54. The average Bonchev–Trinajstić information content (AvgIpc) is 2.53. The minimum Gasteiger partial charge on any atom is -0.398 e. The van der Waals surface area contributed by atoms with Gasteiger partial charge in [0.2, 0.25) is 0 Å². The first kappa shape index (κ1) is 11.8. The van der Waals surface area contributed by atoms with Crippen molar-refractivity contribution in [3.63, 3.8) is 0 Å². The predicted octanol–water partition coefficient (Wildman–Crippen LogP) is 5.63. The van der Waals surface area contributed by atoms with E-state index in [4.69, 9.17) is 5.73 Å². The van der Waals surface area contributed by atoms with Crippen LogP contribution >= 0.6 is 0 Å². The lowest BCUT2D eigenvalue weighted by molar-refractivity contribution is 1.53. The van der Waals surface area contributed by atoms with Gasteiger partial charge in [0.15, 0.2) is 0 Å². The molecule has 0 saturated heterocycles. The number of nitrogen functional groups attached to an aromatic ring is 1. The molecule has 0 amide bonds. The zero-order chi connectivity index (χ0) is 14.8. The molecule has 0 aliphatic heterocycles. The van der Waals surface area contributed by atoms with Crippen molar-refractivity contribution in [2.75, 3.05) is 5.73 Å². The van der Waals surface area contributed by atoms with E-state index in [0.29, 0.717) is 0 Å². The smallest absolute Gasteiger partial charge is 0.0394 e. The quantitative estimate of drug-likeness (QED) is 0.222. The second-order valence-corrected chi connectivity index (χ2v) is 6.15. The van der Waals surface area contributed by atoms with E-state index < -0.39 is 0 Å². The van der Waals surface area contributed by atoms with Crippen molar-refractivity contribution in [2.24, 2.45) is 0 Å². The molecule has 22 heavy (non-hydrogen) atoms. The Kier molecular flexibility index (Phi) is 2.09. The summed E-state index contributed by atoms with van der Waals surface area (Å²) in [6, 6.07) is 21.8. The zero-order valence-corrected chi connectivity index (χ0v) is 12.4. The summed E-state index contributed by atoms with van der Waals surface area (Å²) in [6.07, 6.45) is 0. The lowest BCUT2D eigenvalue weighted by Crippen LogP contribution is -1.91. The van der Waals surface area contributed by atoms with Gasteiger partial charge < -0.3 is 5.73 Å². The van der Waals surface area contributed by atoms with Gasteiger partial charge in [-0.2, -0.15) is 0 Å². The van der Waals surface area contributed by atoms with Gasteiger partial charge in [-0.15, -0.1) is 0 Å². The first-order chi connectivity index (χ1) is 10.7. The van der Waals surface area contributed by atoms with E-state index in [1.807, 2.05) is 6.07 Å². The Morgan fingerprint density at radius 3 is 2.18 bits per heavy atom. The molecule has 5 aromatic rings. The zero-order valence-electron chi connectivity index (χ0n) is 12.4. The molecule has 2 N–H and O–H groups in total. The third-order valence-electron chi connectivity index (χ3n) is 4.78. The Morgan fingerprint density at radius 2 is 1.32 bits per heavy atom. The molecule has 0 unspecified atom stereocenters. The minimum atomic E-state index is 0.851. The summed E-state index contributed by atoms with van der Waals surface area (Å²) in [5, 5.41) is 10.3. The molecule has 1 heteroatoms. The van der Waals surface area contributed by atoms with Crippen LogP contribution in [0, 0.1) is 6.92 Å². The molecular weight excluding hydrogens is 266 g/mol. The molecule has 1 nitrogen and oxygen atoms in total. The Balaban J connectivity index is 2.28. The number of rotatable bonds is 0. The van der Waals surface area contributed by atoms with Gasteiger partial charge in [0.25, 0.3) is 0 Å². The molecule has 0 fully saturated rings. The normalized spacial score (nSPS) is 12.0. The van der Waals surface area contributed by atoms with E-state index in [0.717, 1.165) is 11.1 Å². The summed E-state index contributed by atoms with van der Waals surface area (Å²) in [5.41, 5.74) is 8.37. The van der Waals surface area contributed by atoms with Crippen LogP contribution in [-0.2, 0) is 0 Å². The molecule has 0 atom stereocenters. The molecule has 0 spiro atoms. The van der Waals surface area contributed by atoms with E-state index in [1.54, 1.807) is 0 Å². The van der Waals surface area contributed by atoms with Crippen LogP contribution < -0.4 is 5.73 Å². The second-order valence-electron chi connectivity index (χ2n) is 6.15. The van der Waals surface area contributed by atoms with Crippen LogP contribution in [0.5, 0.6) is 0 Å². The third-order valence-corrected chi connectivity index (χ3v) is 4.78. The monoisotopic (exact) mass is 281 g/mol. The highest BCUT2D eigenvalue weighted by molar-refractivity contribution is 6.33. The summed E-state index contributed by atoms with van der Waals surface area (Å²) in [7, 11) is 0. The average molecular weight is 281 g/mol. The molecule has 5 aromatic carbocycles. The maximum atomic E-state index is 6.22. The van der Waals surface area contributed by atoms with Crippen molar-refractivity contribution in [1.82, 2.24) is 0 Å². The van der Waals surface area contributed by atoms with E-state index >= 15 is 0 Å². The Bertz CT molecular complexity index is 1180. The predicted molar refractivity (Wildman–Crippen MR) is 96.8 cm³/mol. The summed E-state index contributed by atoms with van der Waals surface area (Å²) in [6.45, 7) is 2.16. The van der Waals surface area contributed by atoms with Gasteiger partial charge in [-0.1, -0.05) is 54.6 Å². The topological polar surface area (TPSA) is 26.0 Å². The van der Waals surface area contributed by atoms with E-state index in [9.17, 15) is 0 Å². The highest BCUT2D eigenvalue weighted by atomic mass is 14.5. The number of anilines is 1. The van der Waals surface area contributed by atoms with Crippen molar-refractivity contribution < 1.29 is 0 Å². The molecule has 0 aromatic heterocycles. The first-order valence-corrected chi connectivity index (χ1v) is 7.59. The highest BCUT2D eigenvalue weighted by Crippen LogP contribution is 2.41. The number of fused-ring (bicyclic) bond motifs is 2. The standard InChI is InChI=1S/C21H15N/c1-12-10-13-4-2-5-14-15-6-3-7-17-19(22)9-8-16(21(15)17)18(11-12)20(13)14/h2-11H,22H2,1H3. The fourth-order valence-corrected chi connectivity index (χ4v) is 3.89. The largest absolute Gasteiger partial charge is 0.398 e. The Labute approximate surface area is 128 Å².